The highest BCUT2D eigenvalue weighted by atomic mass is 32.2. The van der Waals surface area contributed by atoms with Crippen molar-refractivity contribution in [1.82, 2.24) is 4.98 Å². The normalized spacial score (nSPS) is 11.5. The zero-order valence-electron chi connectivity index (χ0n) is 11.3. The van der Waals surface area contributed by atoms with Crippen molar-refractivity contribution in [3.05, 3.63) is 29.6 Å². The molecule has 6 heteroatoms. The van der Waals surface area contributed by atoms with Gasteiger partial charge in [0.1, 0.15) is 12.4 Å². The average Bonchev–Trinajstić information content (AvgIpc) is 2.32. The molecular weight excluding hydrogens is 266 g/mol. The second-order valence-electron chi connectivity index (χ2n) is 4.50. The fourth-order valence-corrected chi connectivity index (χ4v) is 1.93. The molecule has 0 aliphatic carbocycles. The standard InChI is InChI=1S/C13H19NO4S/c1-11(15)6-3-4-7-12-8-5-9-13(14-12)10-18-19(2,16)17/h5,8-9H,3-4,6-7,10H2,1-2H3. The molecule has 106 valence electrons. The first-order valence-corrected chi connectivity index (χ1v) is 7.97. The first kappa shape index (κ1) is 15.8. The molecule has 1 rings (SSSR count). The average molecular weight is 285 g/mol. The molecule has 0 N–H and O–H groups in total. The number of carbonyl (C=O) groups is 1. The summed E-state index contributed by atoms with van der Waals surface area (Å²) < 4.78 is 26.5. The van der Waals surface area contributed by atoms with E-state index in [1.54, 1.807) is 13.0 Å². The molecule has 0 radical (unpaired) electrons. The van der Waals surface area contributed by atoms with Gasteiger partial charge in [-0.05, 0) is 38.3 Å². The van der Waals surface area contributed by atoms with Crippen molar-refractivity contribution in [3.63, 3.8) is 0 Å². The number of unbranched alkanes of at least 4 members (excludes halogenated alkanes) is 1. The third-order valence-corrected chi connectivity index (χ3v) is 3.04. The minimum Gasteiger partial charge on any atom is -0.300 e. The molecule has 0 aliphatic heterocycles. The highest BCUT2D eigenvalue weighted by Crippen LogP contribution is 2.07. The SMILES string of the molecule is CC(=O)CCCCc1cccc(COS(C)(=O)=O)n1. The van der Waals surface area contributed by atoms with Gasteiger partial charge in [0, 0.05) is 12.1 Å². The summed E-state index contributed by atoms with van der Waals surface area (Å²) in [7, 11) is -3.44. The van der Waals surface area contributed by atoms with E-state index in [0.717, 1.165) is 31.2 Å². The molecule has 0 amide bonds. The van der Waals surface area contributed by atoms with E-state index < -0.39 is 10.1 Å². The Morgan fingerprint density at radius 1 is 1.26 bits per heavy atom. The minimum absolute atomic E-state index is 0.0415. The number of hydrogen-bond acceptors (Lipinski definition) is 5. The van der Waals surface area contributed by atoms with Gasteiger partial charge in [-0.2, -0.15) is 8.42 Å². The van der Waals surface area contributed by atoms with Crippen molar-refractivity contribution in [2.75, 3.05) is 6.26 Å². The summed E-state index contributed by atoms with van der Waals surface area (Å²) in [5.74, 6) is 0.197. The van der Waals surface area contributed by atoms with Crippen LogP contribution in [0.4, 0.5) is 0 Å². The summed E-state index contributed by atoms with van der Waals surface area (Å²) in [6.45, 7) is 1.54. The maximum absolute atomic E-state index is 10.9. The van der Waals surface area contributed by atoms with E-state index >= 15 is 0 Å². The lowest BCUT2D eigenvalue weighted by Crippen LogP contribution is -2.05. The van der Waals surface area contributed by atoms with Crippen LogP contribution in [0.1, 0.15) is 37.6 Å². The third-order valence-electron chi connectivity index (χ3n) is 2.50. The van der Waals surface area contributed by atoms with Crippen molar-refractivity contribution in [1.29, 1.82) is 0 Å². The summed E-state index contributed by atoms with van der Waals surface area (Å²) in [5, 5.41) is 0. The highest BCUT2D eigenvalue weighted by Gasteiger charge is 2.04. The molecule has 0 fully saturated rings. The molecule has 1 aromatic heterocycles. The van der Waals surface area contributed by atoms with Gasteiger partial charge in [0.25, 0.3) is 10.1 Å². The van der Waals surface area contributed by atoms with Gasteiger partial charge in [-0.15, -0.1) is 0 Å². The monoisotopic (exact) mass is 285 g/mol. The van der Waals surface area contributed by atoms with Gasteiger partial charge in [0.05, 0.1) is 11.9 Å². The van der Waals surface area contributed by atoms with Crippen LogP contribution >= 0.6 is 0 Å². The Balaban J connectivity index is 2.45. The summed E-state index contributed by atoms with van der Waals surface area (Å²) in [4.78, 5) is 15.1. The predicted molar refractivity (Wildman–Crippen MR) is 72.1 cm³/mol. The molecule has 5 nitrogen and oxygen atoms in total. The summed E-state index contributed by atoms with van der Waals surface area (Å²) >= 11 is 0. The second kappa shape index (κ2) is 7.35. The van der Waals surface area contributed by atoms with Crippen LogP contribution in [0.25, 0.3) is 0 Å². The minimum atomic E-state index is -3.44. The molecule has 0 aliphatic rings. The van der Waals surface area contributed by atoms with Gasteiger partial charge in [-0.1, -0.05) is 6.07 Å². The number of aryl methyl sites for hydroxylation is 1. The van der Waals surface area contributed by atoms with E-state index in [2.05, 4.69) is 4.98 Å². The Morgan fingerprint density at radius 3 is 2.58 bits per heavy atom. The Hall–Kier alpha value is -1.27. The van der Waals surface area contributed by atoms with Crippen molar-refractivity contribution in [2.24, 2.45) is 0 Å². The van der Waals surface area contributed by atoms with Gasteiger partial charge in [-0.3, -0.25) is 9.17 Å². The van der Waals surface area contributed by atoms with Gasteiger partial charge < -0.3 is 4.79 Å². The number of rotatable bonds is 8. The van der Waals surface area contributed by atoms with Crippen molar-refractivity contribution >= 4 is 15.9 Å². The molecule has 0 saturated heterocycles. The topological polar surface area (TPSA) is 73.3 Å². The zero-order valence-corrected chi connectivity index (χ0v) is 12.1. The van der Waals surface area contributed by atoms with Crippen LogP contribution in [0, 0.1) is 0 Å². The second-order valence-corrected chi connectivity index (χ2v) is 6.14. The summed E-state index contributed by atoms with van der Waals surface area (Å²) in [5.41, 5.74) is 1.48. The predicted octanol–water partition coefficient (Wildman–Crippen LogP) is 1.86. The third kappa shape index (κ3) is 7.69. The smallest absolute Gasteiger partial charge is 0.264 e. The van der Waals surface area contributed by atoms with Crippen molar-refractivity contribution in [2.45, 2.75) is 39.2 Å². The van der Waals surface area contributed by atoms with Gasteiger partial charge >= 0.3 is 0 Å². The fourth-order valence-electron chi connectivity index (χ4n) is 1.60. The first-order chi connectivity index (χ1) is 8.87. The van der Waals surface area contributed by atoms with Crippen molar-refractivity contribution < 1.29 is 17.4 Å². The number of pyridine rings is 1. The number of hydrogen-bond donors (Lipinski definition) is 0. The van der Waals surface area contributed by atoms with E-state index in [0.29, 0.717) is 12.1 Å². The van der Waals surface area contributed by atoms with Gasteiger partial charge in [0.15, 0.2) is 0 Å². The number of carbonyl (C=O) groups excluding carboxylic acids is 1. The Kier molecular flexibility index (Phi) is 6.11. The van der Waals surface area contributed by atoms with Crippen LogP contribution in [0.15, 0.2) is 18.2 Å². The first-order valence-electron chi connectivity index (χ1n) is 6.15. The van der Waals surface area contributed by atoms with E-state index in [9.17, 15) is 13.2 Å². The quantitative estimate of drug-likeness (QED) is 0.538. The maximum Gasteiger partial charge on any atom is 0.264 e. The van der Waals surface area contributed by atoms with E-state index in [-0.39, 0.29) is 12.4 Å². The molecule has 0 unspecified atom stereocenters. The molecule has 0 atom stereocenters. The Bertz CT molecular complexity index is 525. The zero-order chi connectivity index (χ0) is 14.3. The van der Waals surface area contributed by atoms with Crippen LogP contribution in [0.2, 0.25) is 0 Å². The molecule has 1 aromatic rings. The van der Waals surface area contributed by atoms with Crippen LogP contribution in [0.5, 0.6) is 0 Å². The molecule has 0 bridgehead atoms. The Labute approximate surface area is 114 Å². The van der Waals surface area contributed by atoms with Crippen LogP contribution in [-0.4, -0.2) is 25.4 Å². The lowest BCUT2D eigenvalue weighted by Gasteiger charge is -2.04. The van der Waals surface area contributed by atoms with Crippen molar-refractivity contribution in [3.8, 4) is 0 Å². The van der Waals surface area contributed by atoms with Gasteiger partial charge in [-0.25, -0.2) is 0 Å². The largest absolute Gasteiger partial charge is 0.300 e. The summed E-state index contributed by atoms with van der Waals surface area (Å²) in [6.07, 6.45) is 4.12. The molecule has 19 heavy (non-hydrogen) atoms. The summed E-state index contributed by atoms with van der Waals surface area (Å²) in [6, 6.07) is 5.44. The number of nitrogens with zero attached hydrogens (tertiary/aromatic N) is 1. The molecule has 1 heterocycles. The lowest BCUT2D eigenvalue weighted by atomic mass is 10.1. The van der Waals surface area contributed by atoms with E-state index in [1.165, 1.54) is 0 Å². The highest BCUT2D eigenvalue weighted by molar-refractivity contribution is 7.85. The van der Waals surface area contributed by atoms with Crippen LogP contribution in [-0.2, 0) is 32.1 Å². The number of Topliss-reactive ketones (excluding diaryl/α,β-unsaturated/α-hetero) is 1. The molecule has 0 aromatic carbocycles. The number of ketones is 1. The van der Waals surface area contributed by atoms with E-state index in [4.69, 9.17) is 4.18 Å². The van der Waals surface area contributed by atoms with E-state index in [1.807, 2.05) is 12.1 Å². The lowest BCUT2D eigenvalue weighted by molar-refractivity contribution is -0.117. The number of aromatic nitrogens is 1. The molecule has 0 spiro atoms. The fraction of sp³-hybridized carbons (Fsp3) is 0.538. The van der Waals surface area contributed by atoms with Crippen LogP contribution < -0.4 is 0 Å². The molecule has 0 saturated carbocycles. The maximum atomic E-state index is 10.9. The molecular formula is C13H19NO4S. The van der Waals surface area contributed by atoms with Gasteiger partial charge in [0.2, 0.25) is 0 Å². The Morgan fingerprint density at radius 2 is 1.95 bits per heavy atom. The van der Waals surface area contributed by atoms with Crippen LogP contribution in [0.3, 0.4) is 0 Å².